The Balaban J connectivity index is 1.61. The lowest BCUT2D eigenvalue weighted by Gasteiger charge is -2.42. The van der Waals surface area contributed by atoms with Crippen LogP contribution in [0.5, 0.6) is 0 Å². The van der Waals surface area contributed by atoms with Crippen LogP contribution in [0.25, 0.3) is 0 Å². The first-order chi connectivity index (χ1) is 9.93. The van der Waals surface area contributed by atoms with E-state index in [0.717, 1.165) is 50.0 Å². The van der Waals surface area contributed by atoms with Crippen LogP contribution in [0, 0.1) is 5.92 Å². The number of alkyl halides is 3. The van der Waals surface area contributed by atoms with E-state index in [1.165, 1.54) is 4.90 Å². The minimum Gasteiger partial charge on any atom is -0.323 e. The molecule has 0 radical (unpaired) electrons. The lowest BCUT2D eigenvalue weighted by molar-refractivity contribution is -0.939. The van der Waals surface area contributed by atoms with Gasteiger partial charge >= 0.3 is 6.18 Å². The number of rotatable bonds is 1. The van der Waals surface area contributed by atoms with Crippen LogP contribution >= 0.6 is 0 Å². The van der Waals surface area contributed by atoms with E-state index in [1.807, 2.05) is 0 Å². The number of Topliss-reactive ketones (excluding diaryl/α,β-unsaturated/α-hetero) is 1. The van der Waals surface area contributed by atoms with Crippen LogP contribution in [0.15, 0.2) is 24.3 Å². The fourth-order valence-corrected chi connectivity index (χ4v) is 4.45. The molecular weight excluding hydrogens is 279 g/mol. The van der Waals surface area contributed by atoms with Gasteiger partial charge in [-0.1, -0.05) is 12.1 Å². The zero-order valence-corrected chi connectivity index (χ0v) is 11.5. The summed E-state index contributed by atoms with van der Waals surface area (Å²) < 4.78 is 37.8. The molecule has 0 amide bonds. The molecule has 4 aliphatic rings. The van der Waals surface area contributed by atoms with Gasteiger partial charge in [0.15, 0.2) is 11.3 Å². The molecule has 5 heteroatoms. The molecule has 1 aromatic carbocycles. The third-order valence-corrected chi connectivity index (χ3v) is 5.63. The number of carbonyl (C=O) groups is 1. The molecule has 1 aromatic rings. The maximum Gasteiger partial charge on any atom is 0.416 e. The van der Waals surface area contributed by atoms with Crippen molar-refractivity contribution in [2.75, 3.05) is 13.1 Å². The number of benzene rings is 1. The SMILES string of the molecule is O=C1C2CC[NH+](CC2)[C@]12C[C@@H]2c1ccc(C(F)(F)F)cc1. The molecule has 112 valence electrons. The highest BCUT2D eigenvalue weighted by Crippen LogP contribution is 2.53. The van der Waals surface area contributed by atoms with Crippen molar-refractivity contribution in [1.82, 2.24) is 0 Å². The lowest BCUT2D eigenvalue weighted by atomic mass is 9.79. The van der Waals surface area contributed by atoms with Crippen LogP contribution in [-0.4, -0.2) is 24.4 Å². The Labute approximate surface area is 120 Å². The van der Waals surface area contributed by atoms with Crippen LogP contribution in [0.1, 0.15) is 36.3 Å². The third-order valence-electron chi connectivity index (χ3n) is 5.63. The number of carbonyl (C=O) groups excluding carboxylic acids is 1. The second-order valence-corrected chi connectivity index (χ2v) is 6.59. The number of nitrogens with one attached hydrogen (secondary N) is 1. The molecule has 1 saturated carbocycles. The van der Waals surface area contributed by atoms with Crippen molar-refractivity contribution in [2.24, 2.45) is 5.92 Å². The zero-order chi connectivity index (χ0) is 14.8. The zero-order valence-electron chi connectivity index (χ0n) is 11.5. The average molecular weight is 296 g/mol. The van der Waals surface area contributed by atoms with E-state index < -0.39 is 11.7 Å². The van der Waals surface area contributed by atoms with Gasteiger partial charge in [0.05, 0.1) is 24.6 Å². The molecule has 2 atom stereocenters. The van der Waals surface area contributed by atoms with Gasteiger partial charge in [0.2, 0.25) is 0 Å². The Kier molecular flexibility index (Phi) is 2.60. The fraction of sp³-hybridized carbons (Fsp3) is 0.562. The molecule has 5 rings (SSSR count). The summed E-state index contributed by atoms with van der Waals surface area (Å²) in [6, 6.07) is 5.38. The summed E-state index contributed by atoms with van der Waals surface area (Å²) in [5.74, 6) is 0.673. The molecule has 2 bridgehead atoms. The predicted octanol–water partition coefficient (Wildman–Crippen LogP) is 1.81. The van der Waals surface area contributed by atoms with E-state index in [9.17, 15) is 18.0 Å². The molecule has 0 aromatic heterocycles. The number of halogens is 3. The van der Waals surface area contributed by atoms with Gasteiger partial charge in [0, 0.05) is 25.2 Å². The molecule has 1 aliphatic carbocycles. The number of quaternary nitrogens is 1. The van der Waals surface area contributed by atoms with Crippen molar-refractivity contribution in [3.63, 3.8) is 0 Å². The summed E-state index contributed by atoms with van der Waals surface area (Å²) in [5.41, 5.74) is -0.0394. The van der Waals surface area contributed by atoms with E-state index in [1.54, 1.807) is 12.1 Å². The van der Waals surface area contributed by atoms with Crippen LogP contribution in [0.2, 0.25) is 0 Å². The molecule has 4 fully saturated rings. The van der Waals surface area contributed by atoms with Crippen LogP contribution in [-0.2, 0) is 11.0 Å². The number of fused-ring (bicyclic) bond motifs is 2. The number of ketones is 1. The molecule has 1 spiro atoms. The van der Waals surface area contributed by atoms with Gasteiger partial charge < -0.3 is 4.90 Å². The van der Waals surface area contributed by atoms with Crippen molar-refractivity contribution in [3.05, 3.63) is 35.4 Å². The van der Waals surface area contributed by atoms with E-state index >= 15 is 0 Å². The van der Waals surface area contributed by atoms with E-state index in [0.29, 0.717) is 5.78 Å². The molecule has 2 nitrogen and oxygen atoms in total. The second kappa shape index (κ2) is 4.09. The van der Waals surface area contributed by atoms with Crippen molar-refractivity contribution < 1.29 is 22.9 Å². The highest BCUT2D eigenvalue weighted by molar-refractivity contribution is 5.94. The monoisotopic (exact) mass is 296 g/mol. The smallest absolute Gasteiger partial charge is 0.323 e. The van der Waals surface area contributed by atoms with Crippen molar-refractivity contribution in [3.8, 4) is 0 Å². The number of hydrogen-bond acceptors (Lipinski definition) is 1. The normalized spacial score (nSPS) is 38.0. The highest BCUT2D eigenvalue weighted by Gasteiger charge is 2.72. The van der Waals surface area contributed by atoms with Gasteiger partial charge in [-0.2, -0.15) is 13.2 Å². The minimum atomic E-state index is -4.30. The largest absolute Gasteiger partial charge is 0.416 e. The summed E-state index contributed by atoms with van der Waals surface area (Å²) in [4.78, 5) is 13.9. The van der Waals surface area contributed by atoms with Gasteiger partial charge in [-0.15, -0.1) is 0 Å². The van der Waals surface area contributed by atoms with Crippen LogP contribution < -0.4 is 4.90 Å². The Morgan fingerprint density at radius 3 is 2.24 bits per heavy atom. The van der Waals surface area contributed by atoms with Crippen molar-refractivity contribution in [2.45, 2.75) is 36.9 Å². The number of hydrogen-bond donors (Lipinski definition) is 1. The van der Waals surface area contributed by atoms with Gasteiger partial charge in [-0.25, -0.2) is 0 Å². The Bertz CT molecular complexity index is 587. The topological polar surface area (TPSA) is 21.5 Å². The van der Waals surface area contributed by atoms with Crippen molar-refractivity contribution >= 4 is 5.78 Å². The minimum absolute atomic E-state index is 0.116. The standard InChI is InChI=1S/C16H16F3NO/c17-16(18,19)12-3-1-10(2-4-12)13-9-15(13)14(21)11-5-7-20(15)8-6-11/h1-4,11,13H,5-9H2/p+1/t13-,15+/m1/s1. The van der Waals surface area contributed by atoms with E-state index in [-0.39, 0.29) is 17.4 Å². The first-order valence-corrected chi connectivity index (χ1v) is 7.49. The second-order valence-electron chi connectivity index (χ2n) is 6.59. The van der Waals surface area contributed by atoms with Gasteiger partial charge in [-0.3, -0.25) is 4.79 Å². The summed E-state index contributed by atoms with van der Waals surface area (Å²) in [7, 11) is 0. The Hall–Kier alpha value is -1.36. The van der Waals surface area contributed by atoms with E-state index in [2.05, 4.69) is 0 Å². The first kappa shape index (κ1) is 13.3. The molecule has 3 heterocycles. The Morgan fingerprint density at radius 2 is 1.71 bits per heavy atom. The van der Waals surface area contributed by atoms with Gasteiger partial charge in [0.25, 0.3) is 0 Å². The third kappa shape index (κ3) is 1.79. The molecule has 0 unspecified atom stereocenters. The molecule has 3 aliphatic heterocycles. The highest BCUT2D eigenvalue weighted by atomic mass is 19.4. The average Bonchev–Trinajstić information content (AvgIpc) is 3.20. The maximum absolute atomic E-state index is 12.6. The van der Waals surface area contributed by atoms with E-state index in [4.69, 9.17) is 0 Å². The molecule has 3 saturated heterocycles. The molecule has 1 N–H and O–H groups in total. The maximum atomic E-state index is 12.6. The van der Waals surface area contributed by atoms with Crippen molar-refractivity contribution in [1.29, 1.82) is 0 Å². The van der Waals surface area contributed by atoms with Crippen LogP contribution in [0.3, 0.4) is 0 Å². The quantitative estimate of drug-likeness (QED) is 0.838. The predicted molar refractivity (Wildman–Crippen MR) is 70.0 cm³/mol. The molecular formula is C16H17F3NO+. The summed E-state index contributed by atoms with van der Waals surface area (Å²) in [6.07, 6.45) is -1.53. The fourth-order valence-electron chi connectivity index (χ4n) is 4.45. The van der Waals surface area contributed by atoms with Crippen LogP contribution in [0.4, 0.5) is 13.2 Å². The number of piperidine rings is 3. The summed E-state index contributed by atoms with van der Waals surface area (Å²) in [5, 5.41) is 0. The summed E-state index contributed by atoms with van der Waals surface area (Å²) >= 11 is 0. The van der Waals surface area contributed by atoms with Gasteiger partial charge in [-0.05, 0) is 17.7 Å². The Morgan fingerprint density at radius 1 is 1.10 bits per heavy atom. The summed E-state index contributed by atoms with van der Waals surface area (Å²) in [6.45, 7) is 2.07. The molecule has 21 heavy (non-hydrogen) atoms. The van der Waals surface area contributed by atoms with Gasteiger partial charge in [0.1, 0.15) is 0 Å². The lowest BCUT2D eigenvalue weighted by Crippen LogP contribution is -3.22. The first-order valence-electron chi connectivity index (χ1n) is 7.49.